The Labute approximate surface area is 118 Å². The van der Waals surface area contributed by atoms with Crippen LogP contribution < -0.4 is 0 Å². The van der Waals surface area contributed by atoms with E-state index in [4.69, 9.17) is 0 Å². The molecule has 104 valence electrons. The molecule has 0 radical (unpaired) electrons. The Kier molecular flexibility index (Phi) is 5.89. The molecule has 0 aromatic heterocycles. The number of thioether (sulfide) groups is 1. The Bertz CT molecular complexity index is 474. The molecule has 0 fully saturated rings. The molecule has 0 saturated carbocycles. The van der Waals surface area contributed by atoms with Crippen molar-refractivity contribution in [1.29, 1.82) is 0 Å². The number of rotatable bonds is 5. The molecule has 0 aliphatic carbocycles. The summed E-state index contributed by atoms with van der Waals surface area (Å²) >= 11 is 1.49. The van der Waals surface area contributed by atoms with Crippen molar-refractivity contribution in [3.05, 3.63) is 29.3 Å². The number of nitrogens with zero attached hydrogens (tertiary/aromatic N) is 1. The summed E-state index contributed by atoms with van der Waals surface area (Å²) in [5.41, 5.74) is 2.32. The van der Waals surface area contributed by atoms with Crippen molar-refractivity contribution >= 4 is 23.6 Å². The van der Waals surface area contributed by atoms with Gasteiger partial charge in [-0.05, 0) is 25.5 Å². The van der Waals surface area contributed by atoms with Gasteiger partial charge in [-0.25, -0.2) is 0 Å². The van der Waals surface area contributed by atoms with Gasteiger partial charge in [-0.1, -0.05) is 17.7 Å². The second-order valence-corrected chi connectivity index (χ2v) is 5.40. The molecule has 1 rings (SSSR count). The van der Waals surface area contributed by atoms with Crippen LogP contribution in [0, 0.1) is 13.8 Å². The maximum Gasteiger partial charge on any atom is 0.325 e. The van der Waals surface area contributed by atoms with Gasteiger partial charge in [-0.2, -0.15) is 0 Å². The summed E-state index contributed by atoms with van der Waals surface area (Å²) in [5.74, 6) is -0.179. The Hall–Kier alpha value is -1.49. The fourth-order valence-corrected chi connectivity index (χ4v) is 2.52. The largest absolute Gasteiger partial charge is 0.468 e. The van der Waals surface area contributed by atoms with Gasteiger partial charge in [0.15, 0.2) is 0 Å². The summed E-state index contributed by atoms with van der Waals surface area (Å²) in [6, 6.07) is 6.15. The maximum absolute atomic E-state index is 11.9. The second-order valence-electron chi connectivity index (χ2n) is 4.38. The lowest BCUT2D eigenvalue weighted by molar-refractivity contribution is -0.145. The van der Waals surface area contributed by atoms with Gasteiger partial charge in [0.2, 0.25) is 5.91 Å². The standard InChI is InChI=1S/C14H19NO3S/c1-10-5-6-11(2)12(7-10)19-9-13(16)15(3)8-14(17)18-4/h5-7H,8-9H2,1-4H3. The van der Waals surface area contributed by atoms with Crippen LogP contribution in [-0.4, -0.2) is 43.2 Å². The molecule has 4 nitrogen and oxygen atoms in total. The average molecular weight is 281 g/mol. The normalized spacial score (nSPS) is 10.1. The van der Waals surface area contributed by atoms with E-state index in [2.05, 4.69) is 10.8 Å². The van der Waals surface area contributed by atoms with Crippen molar-refractivity contribution in [3.8, 4) is 0 Å². The lowest BCUT2D eigenvalue weighted by Gasteiger charge is -2.15. The van der Waals surface area contributed by atoms with Gasteiger partial charge >= 0.3 is 5.97 Å². The number of carbonyl (C=O) groups is 2. The van der Waals surface area contributed by atoms with Gasteiger partial charge in [0.1, 0.15) is 6.54 Å². The van der Waals surface area contributed by atoms with Gasteiger partial charge in [0, 0.05) is 11.9 Å². The number of benzene rings is 1. The van der Waals surface area contributed by atoms with Gasteiger partial charge < -0.3 is 9.64 Å². The van der Waals surface area contributed by atoms with Crippen molar-refractivity contribution in [2.45, 2.75) is 18.7 Å². The quantitative estimate of drug-likeness (QED) is 0.612. The zero-order valence-electron chi connectivity index (χ0n) is 11.7. The van der Waals surface area contributed by atoms with Crippen LogP contribution in [-0.2, 0) is 14.3 Å². The van der Waals surface area contributed by atoms with Gasteiger partial charge in [0.25, 0.3) is 0 Å². The van der Waals surface area contributed by atoms with Crippen LogP contribution in [0.3, 0.4) is 0 Å². The molecular formula is C14H19NO3S. The smallest absolute Gasteiger partial charge is 0.325 e. The molecule has 1 aromatic rings. The first-order valence-electron chi connectivity index (χ1n) is 5.95. The average Bonchev–Trinajstić information content (AvgIpc) is 2.39. The molecule has 0 saturated heterocycles. The number of methoxy groups -OCH3 is 1. The summed E-state index contributed by atoms with van der Waals surface area (Å²) in [6.07, 6.45) is 0. The minimum atomic E-state index is -0.410. The Morgan fingerprint density at radius 2 is 2.00 bits per heavy atom. The number of esters is 1. The minimum absolute atomic E-state index is 0.0112. The van der Waals surface area contributed by atoms with Crippen LogP contribution in [0.4, 0.5) is 0 Å². The predicted molar refractivity (Wildman–Crippen MR) is 76.3 cm³/mol. The second kappa shape index (κ2) is 7.19. The van der Waals surface area contributed by atoms with Crippen LogP contribution in [0.5, 0.6) is 0 Å². The lowest BCUT2D eigenvalue weighted by atomic mass is 10.2. The highest BCUT2D eigenvalue weighted by atomic mass is 32.2. The number of amides is 1. The number of hydrogen-bond acceptors (Lipinski definition) is 4. The number of likely N-dealkylation sites (N-methyl/N-ethyl adjacent to an activating group) is 1. The number of carbonyl (C=O) groups excluding carboxylic acids is 2. The van der Waals surface area contributed by atoms with E-state index >= 15 is 0 Å². The maximum atomic E-state index is 11.9. The van der Waals surface area contributed by atoms with E-state index in [1.807, 2.05) is 26.0 Å². The highest BCUT2D eigenvalue weighted by Gasteiger charge is 2.13. The van der Waals surface area contributed by atoms with E-state index in [1.54, 1.807) is 7.05 Å². The van der Waals surface area contributed by atoms with Crippen molar-refractivity contribution in [1.82, 2.24) is 4.90 Å². The third-order valence-corrected chi connectivity index (χ3v) is 3.86. The number of aryl methyl sites for hydroxylation is 2. The Morgan fingerprint density at radius 1 is 1.32 bits per heavy atom. The van der Waals surface area contributed by atoms with Crippen molar-refractivity contribution < 1.29 is 14.3 Å². The highest BCUT2D eigenvalue weighted by molar-refractivity contribution is 8.00. The molecule has 0 unspecified atom stereocenters. The summed E-state index contributed by atoms with van der Waals surface area (Å²) in [7, 11) is 2.91. The first kappa shape index (κ1) is 15.6. The van der Waals surface area contributed by atoms with Crippen molar-refractivity contribution in [3.63, 3.8) is 0 Å². The minimum Gasteiger partial charge on any atom is -0.468 e. The molecule has 0 aliphatic rings. The molecule has 19 heavy (non-hydrogen) atoms. The van der Waals surface area contributed by atoms with E-state index in [-0.39, 0.29) is 12.5 Å². The van der Waals surface area contributed by atoms with Gasteiger partial charge in [-0.15, -0.1) is 11.8 Å². The SMILES string of the molecule is COC(=O)CN(C)C(=O)CSc1cc(C)ccc1C. The summed E-state index contributed by atoms with van der Waals surface area (Å²) in [5, 5.41) is 0. The van der Waals surface area contributed by atoms with Gasteiger partial charge in [-0.3, -0.25) is 9.59 Å². The molecule has 1 amide bonds. The summed E-state index contributed by atoms with van der Waals surface area (Å²) in [6.45, 7) is 4.03. The van der Waals surface area contributed by atoms with Gasteiger partial charge in [0.05, 0.1) is 12.9 Å². The van der Waals surface area contributed by atoms with E-state index in [0.717, 1.165) is 10.5 Å². The molecule has 0 aliphatic heterocycles. The fourth-order valence-electron chi connectivity index (χ4n) is 1.46. The molecule has 0 N–H and O–H groups in total. The zero-order valence-corrected chi connectivity index (χ0v) is 12.5. The monoisotopic (exact) mass is 281 g/mol. The lowest BCUT2D eigenvalue weighted by Crippen LogP contribution is -2.33. The Morgan fingerprint density at radius 3 is 2.63 bits per heavy atom. The van der Waals surface area contributed by atoms with Crippen LogP contribution in [0.15, 0.2) is 23.1 Å². The highest BCUT2D eigenvalue weighted by Crippen LogP contribution is 2.23. The molecule has 0 atom stereocenters. The number of ether oxygens (including phenoxy) is 1. The first-order valence-corrected chi connectivity index (χ1v) is 6.93. The Balaban J connectivity index is 2.54. The van der Waals surface area contributed by atoms with Crippen molar-refractivity contribution in [2.24, 2.45) is 0 Å². The van der Waals surface area contributed by atoms with E-state index in [9.17, 15) is 9.59 Å². The summed E-state index contributed by atoms with van der Waals surface area (Å²) in [4.78, 5) is 25.4. The third-order valence-electron chi connectivity index (χ3n) is 2.71. The van der Waals surface area contributed by atoms with E-state index in [0.29, 0.717) is 5.75 Å². The zero-order chi connectivity index (χ0) is 14.4. The molecule has 0 bridgehead atoms. The molecule has 5 heteroatoms. The van der Waals surface area contributed by atoms with E-state index in [1.165, 1.54) is 29.3 Å². The fraction of sp³-hybridized carbons (Fsp3) is 0.429. The van der Waals surface area contributed by atoms with Crippen LogP contribution in [0.2, 0.25) is 0 Å². The van der Waals surface area contributed by atoms with E-state index < -0.39 is 5.97 Å². The first-order chi connectivity index (χ1) is 8.93. The van der Waals surface area contributed by atoms with Crippen molar-refractivity contribution in [2.75, 3.05) is 26.5 Å². The van der Waals surface area contributed by atoms with Crippen LogP contribution >= 0.6 is 11.8 Å². The topological polar surface area (TPSA) is 46.6 Å². The molecule has 0 heterocycles. The molecule has 1 aromatic carbocycles. The van der Waals surface area contributed by atoms with Crippen LogP contribution in [0.25, 0.3) is 0 Å². The van der Waals surface area contributed by atoms with Crippen LogP contribution in [0.1, 0.15) is 11.1 Å². The third kappa shape index (κ3) is 4.95. The molecule has 0 spiro atoms. The summed E-state index contributed by atoms with van der Waals surface area (Å²) < 4.78 is 4.53. The molecular weight excluding hydrogens is 262 g/mol. The number of hydrogen-bond donors (Lipinski definition) is 0. The predicted octanol–water partition coefficient (Wildman–Crippen LogP) is 2.03.